The van der Waals surface area contributed by atoms with Crippen LogP contribution < -0.4 is 5.32 Å². The zero-order valence-electron chi connectivity index (χ0n) is 10.3. The Balaban J connectivity index is 1.81. The van der Waals surface area contributed by atoms with Crippen LogP contribution in [0.1, 0.15) is 35.8 Å². The Morgan fingerprint density at radius 3 is 2.95 bits per heavy atom. The number of pyridine rings is 1. The van der Waals surface area contributed by atoms with Gasteiger partial charge in [-0.05, 0) is 53.4 Å². The summed E-state index contributed by atoms with van der Waals surface area (Å²) in [5.41, 5.74) is 1.45. The third-order valence-corrected chi connectivity index (χ3v) is 4.13. The highest BCUT2D eigenvalue weighted by molar-refractivity contribution is 9.10. The van der Waals surface area contributed by atoms with Crippen molar-refractivity contribution in [2.45, 2.75) is 25.3 Å². The van der Waals surface area contributed by atoms with Gasteiger partial charge in [0.05, 0.1) is 10.2 Å². The number of nitrogens with zero attached hydrogens (tertiary/aromatic N) is 2. The third-order valence-electron chi connectivity index (χ3n) is 3.50. The van der Waals surface area contributed by atoms with Crippen molar-refractivity contribution in [3.63, 3.8) is 0 Å². The highest BCUT2D eigenvalue weighted by Crippen LogP contribution is 2.33. The van der Waals surface area contributed by atoms with Crippen molar-refractivity contribution in [1.29, 1.82) is 0 Å². The van der Waals surface area contributed by atoms with Crippen LogP contribution in [0.3, 0.4) is 0 Å². The van der Waals surface area contributed by atoms with Crippen LogP contribution in [-0.4, -0.2) is 15.5 Å². The number of aromatic nitrogens is 2. The molecule has 2 aromatic rings. The van der Waals surface area contributed by atoms with Crippen molar-refractivity contribution in [3.8, 4) is 0 Å². The molecule has 1 amide bonds. The van der Waals surface area contributed by atoms with E-state index in [9.17, 15) is 4.79 Å². The van der Waals surface area contributed by atoms with Crippen LogP contribution >= 0.6 is 15.9 Å². The largest absolute Gasteiger partial charge is 0.340 e. The van der Waals surface area contributed by atoms with Gasteiger partial charge in [0.1, 0.15) is 5.69 Å². The lowest BCUT2D eigenvalue weighted by Gasteiger charge is -2.28. The summed E-state index contributed by atoms with van der Waals surface area (Å²) >= 11 is 3.38. The maximum absolute atomic E-state index is 12.3. The van der Waals surface area contributed by atoms with E-state index in [1.54, 1.807) is 18.5 Å². The molecule has 19 heavy (non-hydrogen) atoms. The number of nitrogens with one attached hydrogen (secondary N) is 1. The molecule has 0 bridgehead atoms. The molecule has 2 heterocycles. The normalized spacial score (nSPS) is 15.0. The number of halogens is 1. The van der Waals surface area contributed by atoms with E-state index in [1.807, 2.05) is 18.3 Å². The van der Waals surface area contributed by atoms with Crippen LogP contribution in [0.15, 0.2) is 41.3 Å². The predicted octanol–water partition coefficient (Wildman–Crippen LogP) is 3.62. The monoisotopic (exact) mass is 319 g/mol. The summed E-state index contributed by atoms with van der Waals surface area (Å²) in [5, 5.41) is 2.91. The first-order valence-corrected chi connectivity index (χ1v) is 7.13. The van der Waals surface area contributed by atoms with Gasteiger partial charge in [0.15, 0.2) is 0 Å². The van der Waals surface area contributed by atoms with Crippen LogP contribution in [0, 0.1) is 0 Å². The maximum Gasteiger partial charge on any atom is 0.272 e. The van der Waals surface area contributed by atoms with Crippen LogP contribution in [0.2, 0.25) is 0 Å². The van der Waals surface area contributed by atoms with Gasteiger partial charge in [-0.15, -0.1) is 0 Å². The number of hydrogen-bond acceptors (Lipinski definition) is 2. The lowest BCUT2D eigenvalue weighted by Crippen LogP contribution is -2.23. The number of rotatable bonds is 3. The number of carbonyl (C=O) groups excluding carboxylic acids is 1. The number of amides is 1. The molecule has 0 radical (unpaired) electrons. The minimum Gasteiger partial charge on any atom is -0.340 e. The number of hydrogen-bond donors (Lipinski definition) is 1. The lowest BCUT2D eigenvalue weighted by molar-refractivity contribution is 0.101. The Morgan fingerprint density at radius 1 is 1.42 bits per heavy atom. The molecule has 98 valence electrons. The minimum absolute atomic E-state index is 0.0798. The van der Waals surface area contributed by atoms with Crippen molar-refractivity contribution < 1.29 is 4.79 Å². The summed E-state index contributed by atoms with van der Waals surface area (Å²) in [5.74, 6) is -0.0798. The van der Waals surface area contributed by atoms with Gasteiger partial charge in [-0.25, -0.2) is 0 Å². The van der Waals surface area contributed by atoms with Gasteiger partial charge in [0, 0.05) is 24.6 Å². The summed E-state index contributed by atoms with van der Waals surface area (Å²) in [6, 6.07) is 6.05. The molecule has 0 aliphatic heterocycles. The maximum atomic E-state index is 12.3. The standard InChI is InChI=1S/C14H14BrN3O/c15-11-9-16-7-6-12(11)17-14(19)13-5-2-8-18(13)10-3-1-4-10/h2,5-10H,1,3-4H2,(H,16,17,19). The molecule has 1 saturated carbocycles. The molecular formula is C14H14BrN3O. The molecule has 1 aliphatic rings. The van der Waals surface area contributed by atoms with Gasteiger partial charge >= 0.3 is 0 Å². The van der Waals surface area contributed by atoms with Crippen LogP contribution in [0.25, 0.3) is 0 Å². The molecule has 0 aromatic carbocycles. The Labute approximate surface area is 120 Å². The third kappa shape index (κ3) is 2.42. The Bertz CT molecular complexity index is 604. The highest BCUT2D eigenvalue weighted by atomic mass is 79.9. The van der Waals surface area contributed by atoms with E-state index < -0.39 is 0 Å². The molecule has 1 fully saturated rings. The SMILES string of the molecule is O=C(Nc1ccncc1Br)c1cccn1C1CCC1. The van der Waals surface area contributed by atoms with Gasteiger partial charge in [0.2, 0.25) is 0 Å². The fourth-order valence-electron chi connectivity index (χ4n) is 2.23. The molecule has 0 atom stereocenters. The summed E-state index contributed by atoms with van der Waals surface area (Å²) in [6.07, 6.45) is 8.88. The Morgan fingerprint density at radius 2 is 2.26 bits per heavy atom. The zero-order chi connectivity index (χ0) is 13.2. The molecule has 0 saturated heterocycles. The van der Waals surface area contributed by atoms with Gasteiger partial charge in [-0.3, -0.25) is 9.78 Å². The molecule has 0 spiro atoms. The number of anilines is 1. The smallest absolute Gasteiger partial charge is 0.272 e. The second kappa shape index (κ2) is 5.17. The van der Waals surface area contributed by atoms with Gasteiger partial charge in [-0.2, -0.15) is 0 Å². The average Bonchev–Trinajstić information content (AvgIpc) is 2.79. The number of carbonyl (C=O) groups is 1. The van der Waals surface area contributed by atoms with E-state index in [1.165, 1.54) is 6.42 Å². The first kappa shape index (κ1) is 12.4. The summed E-state index contributed by atoms with van der Waals surface area (Å²) in [7, 11) is 0. The van der Waals surface area contributed by atoms with E-state index >= 15 is 0 Å². The second-order valence-corrected chi connectivity index (χ2v) is 5.55. The molecule has 2 aromatic heterocycles. The Hall–Kier alpha value is -1.62. The van der Waals surface area contributed by atoms with Crippen LogP contribution in [0.5, 0.6) is 0 Å². The quantitative estimate of drug-likeness (QED) is 0.939. The van der Waals surface area contributed by atoms with E-state index in [2.05, 4.69) is 30.8 Å². The zero-order valence-corrected chi connectivity index (χ0v) is 11.9. The van der Waals surface area contributed by atoms with Crippen molar-refractivity contribution in [3.05, 3.63) is 47.0 Å². The van der Waals surface area contributed by atoms with Crippen LogP contribution in [-0.2, 0) is 0 Å². The van der Waals surface area contributed by atoms with E-state index in [0.29, 0.717) is 11.7 Å². The van der Waals surface area contributed by atoms with Crippen LogP contribution in [0.4, 0.5) is 5.69 Å². The van der Waals surface area contributed by atoms with Gasteiger partial charge < -0.3 is 9.88 Å². The molecule has 1 aliphatic carbocycles. The van der Waals surface area contributed by atoms with Crippen molar-refractivity contribution in [2.75, 3.05) is 5.32 Å². The second-order valence-electron chi connectivity index (χ2n) is 4.70. The fraction of sp³-hybridized carbons (Fsp3) is 0.286. The van der Waals surface area contributed by atoms with E-state index in [4.69, 9.17) is 0 Å². The first-order chi connectivity index (χ1) is 9.25. The Kier molecular flexibility index (Phi) is 3.38. The molecule has 1 N–H and O–H groups in total. The van der Waals surface area contributed by atoms with Crippen molar-refractivity contribution in [1.82, 2.24) is 9.55 Å². The highest BCUT2D eigenvalue weighted by Gasteiger charge is 2.23. The molecule has 4 nitrogen and oxygen atoms in total. The molecule has 0 unspecified atom stereocenters. The summed E-state index contributed by atoms with van der Waals surface area (Å²) in [4.78, 5) is 16.3. The van der Waals surface area contributed by atoms with Gasteiger partial charge in [-0.1, -0.05) is 0 Å². The van der Waals surface area contributed by atoms with Crippen molar-refractivity contribution >= 4 is 27.5 Å². The lowest BCUT2D eigenvalue weighted by atomic mass is 9.93. The topological polar surface area (TPSA) is 46.9 Å². The first-order valence-electron chi connectivity index (χ1n) is 6.33. The summed E-state index contributed by atoms with van der Waals surface area (Å²) in [6.45, 7) is 0. The average molecular weight is 320 g/mol. The van der Waals surface area contributed by atoms with E-state index in [-0.39, 0.29) is 5.91 Å². The molecular weight excluding hydrogens is 306 g/mol. The summed E-state index contributed by atoms with van der Waals surface area (Å²) < 4.78 is 2.86. The fourth-order valence-corrected chi connectivity index (χ4v) is 2.58. The van der Waals surface area contributed by atoms with Gasteiger partial charge in [0.25, 0.3) is 5.91 Å². The predicted molar refractivity (Wildman–Crippen MR) is 77.2 cm³/mol. The molecule has 5 heteroatoms. The molecule has 3 rings (SSSR count). The minimum atomic E-state index is -0.0798. The van der Waals surface area contributed by atoms with E-state index in [0.717, 1.165) is 23.0 Å². The van der Waals surface area contributed by atoms with Crippen molar-refractivity contribution in [2.24, 2.45) is 0 Å².